The van der Waals surface area contributed by atoms with Crippen LogP contribution < -0.4 is 5.32 Å². The molecule has 0 aromatic carbocycles. The Morgan fingerprint density at radius 2 is 1.29 bits per heavy atom. The molecule has 13 nitrogen and oxygen atoms in total. The van der Waals surface area contributed by atoms with Gasteiger partial charge in [0.15, 0.2) is 0 Å². The van der Waals surface area contributed by atoms with Crippen molar-refractivity contribution in [1.82, 2.24) is 5.32 Å². The van der Waals surface area contributed by atoms with Crippen molar-refractivity contribution in [2.75, 3.05) is 6.61 Å². The van der Waals surface area contributed by atoms with Gasteiger partial charge in [0.1, 0.15) is 36.6 Å². The molecule has 1 aliphatic rings. The first kappa shape index (κ1) is 41.8. The van der Waals surface area contributed by atoms with Gasteiger partial charge in [0.25, 0.3) is 0 Å². The van der Waals surface area contributed by atoms with Crippen LogP contribution in [-0.2, 0) is 18.4 Å². The van der Waals surface area contributed by atoms with Crippen LogP contribution in [-0.4, -0.2) is 108 Å². The lowest BCUT2D eigenvalue weighted by atomic mass is 9.85. The first-order valence-electron chi connectivity index (χ1n) is 16.4. The van der Waals surface area contributed by atoms with E-state index in [0.717, 1.165) is 57.8 Å². The third kappa shape index (κ3) is 17.0. The quantitative estimate of drug-likeness (QED) is 0.0410. The van der Waals surface area contributed by atoms with Crippen LogP contribution in [0.2, 0.25) is 0 Å². The van der Waals surface area contributed by atoms with Crippen LogP contribution in [0.15, 0.2) is 24.3 Å². The van der Waals surface area contributed by atoms with Crippen molar-refractivity contribution in [3.63, 3.8) is 0 Å². The Balaban J connectivity index is 2.80. The average molecular weight is 668 g/mol. The maximum absolute atomic E-state index is 12.7. The minimum atomic E-state index is -5.12. The van der Waals surface area contributed by atoms with Crippen molar-refractivity contribution >= 4 is 13.7 Å². The molecular formula is C31H58NO12P. The normalized spacial score (nSPS) is 27.4. The molecule has 0 radical (unpaired) electrons. The summed E-state index contributed by atoms with van der Waals surface area (Å²) in [6.07, 6.45) is 5.14. The second kappa shape index (κ2) is 23.2. The Hall–Kier alpha value is -1.22. The van der Waals surface area contributed by atoms with Crippen molar-refractivity contribution in [2.45, 2.75) is 159 Å². The number of nitrogens with one attached hydrogen (secondary N) is 1. The van der Waals surface area contributed by atoms with E-state index in [1.807, 2.05) is 12.2 Å². The van der Waals surface area contributed by atoms with Crippen molar-refractivity contribution < 1.29 is 59.0 Å². The highest BCUT2D eigenvalue weighted by molar-refractivity contribution is 7.47. The summed E-state index contributed by atoms with van der Waals surface area (Å²) in [6, 6.07) is -1.25. The summed E-state index contributed by atoms with van der Waals surface area (Å²) >= 11 is 0. The number of aliphatic hydroxyl groups is 7. The molecule has 8 unspecified atom stereocenters. The summed E-state index contributed by atoms with van der Waals surface area (Å²) in [5.41, 5.74) is 0. The van der Waals surface area contributed by atoms with Gasteiger partial charge in [0, 0.05) is 0 Å². The molecule has 0 saturated heterocycles. The number of carbonyl (C=O) groups is 1. The van der Waals surface area contributed by atoms with E-state index < -0.39 is 75.2 Å². The number of amides is 1. The molecule has 1 rings (SSSR count). The minimum absolute atomic E-state index is 0.251. The predicted molar refractivity (Wildman–Crippen MR) is 169 cm³/mol. The number of phosphoric ester groups is 1. The number of hydrogen-bond donors (Lipinski definition) is 9. The third-order valence-corrected chi connectivity index (χ3v) is 8.77. The summed E-state index contributed by atoms with van der Waals surface area (Å²) in [4.78, 5) is 23.0. The largest absolute Gasteiger partial charge is 0.472 e. The van der Waals surface area contributed by atoms with Crippen LogP contribution in [0.4, 0.5) is 0 Å². The number of carbonyl (C=O) groups excluding carboxylic acids is 1. The first-order valence-corrected chi connectivity index (χ1v) is 17.9. The zero-order chi connectivity index (χ0) is 33.8. The lowest BCUT2D eigenvalue weighted by Gasteiger charge is -2.41. The fourth-order valence-electron chi connectivity index (χ4n) is 4.94. The lowest BCUT2D eigenvalue weighted by Crippen LogP contribution is -2.64. The van der Waals surface area contributed by atoms with Crippen LogP contribution in [0.5, 0.6) is 0 Å². The average Bonchev–Trinajstić information content (AvgIpc) is 3.00. The van der Waals surface area contributed by atoms with E-state index in [1.54, 1.807) is 6.08 Å². The van der Waals surface area contributed by atoms with Crippen molar-refractivity contribution in [3.05, 3.63) is 24.3 Å². The van der Waals surface area contributed by atoms with Gasteiger partial charge in [0.05, 0.1) is 31.3 Å². The molecule has 0 spiro atoms. The maximum atomic E-state index is 12.7. The minimum Gasteiger partial charge on any atom is -0.392 e. The monoisotopic (exact) mass is 667 g/mol. The van der Waals surface area contributed by atoms with Crippen molar-refractivity contribution in [1.29, 1.82) is 0 Å². The Labute approximate surface area is 267 Å². The molecule has 45 heavy (non-hydrogen) atoms. The highest BCUT2D eigenvalue weighted by Gasteiger charge is 2.51. The molecule has 1 amide bonds. The van der Waals surface area contributed by atoms with Crippen molar-refractivity contribution in [2.24, 2.45) is 0 Å². The zero-order valence-corrected chi connectivity index (χ0v) is 27.7. The summed E-state index contributed by atoms with van der Waals surface area (Å²) in [5, 5.41) is 73.3. The highest BCUT2D eigenvalue weighted by atomic mass is 31.2. The van der Waals surface area contributed by atoms with Crippen LogP contribution in [0.25, 0.3) is 0 Å². The summed E-state index contributed by atoms with van der Waals surface area (Å²) < 4.78 is 22.5. The Bertz CT molecular complexity index is 890. The molecule has 8 atom stereocenters. The van der Waals surface area contributed by atoms with Crippen LogP contribution in [0.1, 0.15) is 104 Å². The molecule has 9 N–H and O–H groups in total. The molecule has 14 heteroatoms. The Morgan fingerprint density at radius 1 is 0.778 bits per heavy atom. The number of unbranched alkanes of at least 4 members (excludes halogenated alkanes) is 10. The number of allylic oxidation sites excluding steroid dienone is 2. The standard InChI is InChI=1S/C31H58NO12P/c1-3-5-7-9-11-13-15-17-19-24(34)23(32-25(35)20-22(33)18-16-14-12-10-8-6-4-2)21-43-45(41,42)44-31-29(39)27(37)26(36)28(38)30(31)40/h14,16-17,19,22-24,26-31,33-34,36-40H,3-13,15,18,20-21H2,1-2H3,(H,32,35)(H,41,42)/b16-14-,19-17+. The van der Waals surface area contributed by atoms with E-state index in [4.69, 9.17) is 9.05 Å². The molecule has 0 heterocycles. The number of rotatable bonds is 24. The van der Waals surface area contributed by atoms with E-state index in [-0.39, 0.29) is 12.8 Å². The van der Waals surface area contributed by atoms with Gasteiger partial charge in [-0.2, -0.15) is 0 Å². The number of aliphatic hydroxyl groups excluding tert-OH is 7. The molecule has 1 saturated carbocycles. The molecule has 0 aromatic heterocycles. The summed E-state index contributed by atoms with van der Waals surface area (Å²) in [6.45, 7) is 3.53. The third-order valence-electron chi connectivity index (χ3n) is 7.78. The van der Waals surface area contributed by atoms with Gasteiger partial charge in [-0.3, -0.25) is 13.8 Å². The number of hydrogen-bond acceptors (Lipinski definition) is 11. The van der Waals surface area contributed by atoms with E-state index in [2.05, 4.69) is 19.2 Å². The lowest BCUT2D eigenvalue weighted by molar-refractivity contribution is -0.220. The fraction of sp³-hybridized carbons (Fsp3) is 0.839. The molecule has 1 aliphatic carbocycles. The first-order chi connectivity index (χ1) is 21.3. The Morgan fingerprint density at radius 3 is 1.89 bits per heavy atom. The fourth-order valence-corrected chi connectivity index (χ4v) is 5.91. The molecular weight excluding hydrogens is 609 g/mol. The molecule has 1 fully saturated rings. The van der Waals surface area contributed by atoms with Crippen molar-refractivity contribution in [3.8, 4) is 0 Å². The van der Waals surface area contributed by atoms with Gasteiger partial charge in [-0.25, -0.2) is 4.57 Å². The van der Waals surface area contributed by atoms with E-state index in [1.165, 1.54) is 18.9 Å². The predicted octanol–water partition coefficient (Wildman–Crippen LogP) is 2.13. The highest BCUT2D eigenvalue weighted by Crippen LogP contribution is 2.47. The van der Waals surface area contributed by atoms with Gasteiger partial charge in [0.2, 0.25) is 5.91 Å². The smallest absolute Gasteiger partial charge is 0.392 e. The molecule has 0 aliphatic heterocycles. The second-order valence-electron chi connectivity index (χ2n) is 11.9. The summed E-state index contributed by atoms with van der Waals surface area (Å²) in [5.74, 6) is -0.636. The van der Waals surface area contributed by atoms with E-state index in [0.29, 0.717) is 6.42 Å². The molecule has 0 bridgehead atoms. The second-order valence-corrected chi connectivity index (χ2v) is 13.3. The van der Waals surface area contributed by atoms with Crippen LogP contribution in [0, 0.1) is 0 Å². The number of phosphoric acid groups is 1. The van der Waals surface area contributed by atoms with E-state index in [9.17, 15) is 50.0 Å². The topological polar surface area (TPSA) is 226 Å². The SMILES string of the molecule is CCCCCC/C=C\CC(O)CC(=O)NC(COP(=O)(O)OC1C(O)C(O)C(O)C(O)C1O)C(O)/C=C/CCCCCCCC. The van der Waals surface area contributed by atoms with Gasteiger partial charge in [-0.15, -0.1) is 0 Å². The van der Waals surface area contributed by atoms with Crippen LogP contribution >= 0.6 is 7.82 Å². The molecule has 264 valence electrons. The van der Waals surface area contributed by atoms with Crippen LogP contribution in [0.3, 0.4) is 0 Å². The summed E-state index contributed by atoms with van der Waals surface area (Å²) in [7, 11) is -5.12. The van der Waals surface area contributed by atoms with Gasteiger partial charge in [-0.1, -0.05) is 89.5 Å². The van der Waals surface area contributed by atoms with Gasteiger partial charge < -0.3 is 46.0 Å². The maximum Gasteiger partial charge on any atom is 0.472 e. The molecule has 0 aromatic rings. The van der Waals surface area contributed by atoms with Gasteiger partial charge >= 0.3 is 7.82 Å². The Kier molecular flexibility index (Phi) is 21.5. The van der Waals surface area contributed by atoms with Gasteiger partial charge in [-0.05, 0) is 32.1 Å². The van der Waals surface area contributed by atoms with E-state index >= 15 is 0 Å². The zero-order valence-electron chi connectivity index (χ0n) is 26.8.